The number of amides is 1. The fourth-order valence-electron chi connectivity index (χ4n) is 3.06. The largest absolute Gasteiger partial charge is 0.349 e. The van der Waals surface area contributed by atoms with E-state index in [4.69, 9.17) is 0 Å². The van der Waals surface area contributed by atoms with Gasteiger partial charge in [-0.25, -0.2) is 8.42 Å². The second-order valence-corrected chi connectivity index (χ2v) is 7.77. The standard InChI is InChI=1S/C16H19NO3S/c18-16(12-6-2-1-3-7-12)17-14-10-11-21(19,20)15-9-5-4-8-13(14)15/h1-2,4-5,8-9,12,14H,3,6-7,10-11H2,(H,17,18)/t12-,14+/m0/s1. The molecule has 0 saturated carbocycles. The number of fused-ring (bicyclic) bond motifs is 1. The van der Waals surface area contributed by atoms with Gasteiger partial charge in [-0.3, -0.25) is 4.79 Å². The van der Waals surface area contributed by atoms with Crippen LogP contribution in [-0.2, 0) is 14.6 Å². The van der Waals surface area contributed by atoms with Crippen LogP contribution in [0.5, 0.6) is 0 Å². The molecule has 1 aromatic carbocycles. The first kappa shape index (κ1) is 14.3. The summed E-state index contributed by atoms with van der Waals surface area (Å²) in [5.74, 6) is 0.152. The predicted octanol–water partition coefficient (Wildman–Crippen LogP) is 2.38. The van der Waals surface area contributed by atoms with Crippen molar-refractivity contribution in [1.29, 1.82) is 0 Å². The van der Waals surface area contributed by atoms with E-state index in [1.54, 1.807) is 18.2 Å². The number of carbonyl (C=O) groups excluding carboxylic acids is 1. The maximum Gasteiger partial charge on any atom is 0.223 e. The van der Waals surface area contributed by atoms with Gasteiger partial charge in [-0.15, -0.1) is 0 Å². The Morgan fingerprint density at radius 3 is 2.71 bits per heavy atom. The number of allylic oxidation sites excluding steroid dienone is 2. The minimum absolute atomic E-state index is 0.0145. The minimum Gasteiger partial charge on any atom is -0.349 e. The van der Waals surface area contributed by atoms with Gasteiger partial charge in [-0.2, -0.15) is 0 Å². The smallest absolute Gasteiger partial charge is 0.223 e. The van der Waals surface area contributed by atoms with Crippen LogP contribution >= 0.6 is 0 Å². The second kappa shape index (κ2) is 5.64. The first-order valence-corrected chi connectivity index (χ1v) is 9.00. The van der Waals surface area contributed by atoms with Crippen LogP contribution in [0.1, 0.15) is 37.3 Å². The molecular weight excluding hydrogens is 286 g/mol. The molecule has 0 saturated heterocycles. The molecule has 2 atom stereocenters. The molecule has 4 nitrogen and oxygen atoms in total. The average Bonchev–Trinajstić information content (AvgIpc) is 2.51. The lowest BCUT2D eigenvalue weighted by molar-refractivity contribution is -0.126. The highest BCUT2D eigenvalue weighted by Crippen LogP contribution is 2.32. The van der Waals surface area contributed by atoms with Crippen molar-refractivity contribution in [3.63, 3.8) is 0 Å². The molecule has 1 heterocycles. The SMILES string of the molecule is O=C(N[C@@H]1CCS(=O)(=O)c2ccccc21)[C@H]1CC=CCC1. The van der Waals surface area contributed by atoms with Gasteiger partial charge in [0.15, 0.2) is 9.84 Å². The number of benzene rings is 1. The highest BCUT2D eigenvalue weighted by atomic mass is 32.2. The summed E-state index contributed by atoms with van der Waals surface area (Å²) >= 11 is 0. The van der Waals surface area contributed by atoms with Crippen molar-refractivity contribution >= 4 is 15.7 Å². The van der Waals surface area contributed by atoms with E-state index in [1.807, 2.05) is 12.1 Å². The first-order chi connectivity index (χ1) is 10.1. The Kier molecular flexibility index (Phi) is 3.85. The summed E-state index contributed by atoms with van der Waals surface area (Å²) in [5.41, 5.74) is 0.725. The Hall–Kier alpha value is -1.62. The van der Waals surface area contributed by atoms with Crippen molar-refractivity contribution in [3.05, 3.63) is 42.0 Å². The zero-order chi connectivity index (χ0) is 14.9. The number of nitrogens with one attached hydrogen (secondary N) is 1. The van der Waals surface area contributed by atoms with Crippen LogP contribution in [0.2, 0.25) is 0 Å². The normalized spacial score (nSPS) is 26.9. The highest BCUT2D eigenvalue weighted by molar-refractivity contribution is 7.91. The van der Waals surface area contributed by atoms with Crippen LogP contribution in [0.15, 0.2) is 41.3 Å². The lowest BCUT2D eigenvalue weighted by Crippen LogP contribution is -2.37. The molecule has 5 heteroatoms. The number of hydrogen-bond acceptors (Lipinski definition) is 3. The monoisotopic (exact) mass is 305 g/mol. The molecule has 0 radical (unpaired) electrons. The summed E-state index contributed by atoms with van der Waals surface area (Å²) in [6, 6.07) is 6.79. The van der Waals surface area contributed by atoms with Gasteiger partial charge in [0.2, 0.25) is 5.91 Å². The Morgan fingerprint density at radius 2 is 1.95 bits per heavy atom. The van der Waals surface area contributed by atoms with Gasteiger partial charge >= 0.3 is 0 Å². The summed E-state index contributed by atoms with van der Waals surface area (Å²) in [6.45, 7) is 0. The molecule has 0 bridgehead atoms. The average molecular weight is 305 g/mol. The van der Waals surface area contributed by atoms with Crippen molar-refractivity contribution in [2.75, 3.05) is 5.75 Å². The van der Waals surface area contributed by atoms with Gasteiger partial charge in [0.05, 0.1) is 16.7 Å². The Balaban J connectivity index is 1.81. The third-order valence-corrected chi connectivity index (χ3v) is 6.08. The lowest BCUT2D eigenvalue weighted by Gasteiger charge is -2.28. The predicted molar refractivity (Wildman–Crippen MR) is 80.5 cm³/mol. The molecule has 1 N–H and O–H groups in total. The number of sulfone groups is 1. The molecule has 1 aromatic rings. The van der Waals surface area contributed by atoms with Crippen LogP contribution in [0.3, 0.4) is 0 Å². The van der Waals surface area contributed by atoms with Gasteiger partial charge < -0.3 is 5.32 Å². The lowest BCUT2D eigenvalue weighted by atomic mass is 9.92. The minimum atomic E-state index is -3.20. The second-order valence-electron chi connectivity index (χ2n) is 5.69. The van der Waals surface area contributed by atoms with E-state index in [2.05, 4.69) is 11.4 Å². The molecule has 0 unspecified atom stereocenters. The van der Waals surface area contributed by atoms with E-state index in [0.717, 1.165) is 24.8 Å². The van der Waals surface area contributed by atoms with Crippen molar-refractivity contribution in [3.8, 4) is 0 Å². The van der Waals surface area contributed by atoms with Crippen LogP contribution in [-0.4, -0.2) is 20.1 Å². The van der Waals surface area contributed by atoms with Crippen molar-refractivity contribution in [1.82, 2.24) is 5.32 Å². The quantitative estimate of drug-likeness (QED) is 0.853. The zero-order valence-corrected chi connectivity index (χ0v) is 12.6. The van der Waals surface area contributed by atoms with Gasteiger partial charge in [0.1, 0.15) is 0 Å². The van der Waals surface area contributed by atoms with E-state index in [1.165, 1.54) is 0 Å². The van der Waals surface area contributed by atoms with E-state index in [0.29, 0.717) is 11.3 Å². The Bertz CT molecular complexity index is 679. The molecule has 1 amide bonds. The molecule has 1 aliphatic carbocycles. The molecular formula is C16H19NO3S. The van der Waals surface area contributed by atoms with Gasteiger partial charge in [0.25, 0.3) is 0 Å². The van der Waals surface area contributed by atoms with Crippen LogP contribution in [0, 0.1) is 5.92 Å². The van der Waals surface area contributed by atoms with E-state index >= 15 is 0 Å². The third kappa shape index (κ3) is 2.88. The van der Waals surface area contributed by atoms with E-state index in [-0.39, 0.29) is 23.6 Å². The van der Waals surface area contributed by atoms with E-state index < -0.39 is 9.84 Å². The molecule has 3 rings (SSSR count). The molecule has 1 aliphatic heterocycles. The number of hydrogen-bond donors (Lipinski definition) is 1. The van der Waals surface area contributed by atoms with E-state index in [9.17, 15) is 13.2 Å². The van der Waals surface area contributed by atoms with Gasteiger partial charge in [-0.05, 0) is 37.3 Å². The Morgan fingerprint density at radius 1 is 1.14 bits per heavy atom. The summed E-state index contributed by atoms with van der Waals surface area (Å²) in [6.07, 6.45) is 7.19. The first-order valence-electron chi connectivity index (χ1n) is 7.35. The number of rotatable bonds is 2. The fourth-order valence-corrected chi connectivity index (χ4v) is 4.68. The molecule has 21 heavy (non-hydrogen) atoms. The molecule has 0 aromatic heterocycles. The molecule has 112 valence electrons. The highest BCUT2D eigenvalue weighted by Gasteiger charge is 2.32. The van der Waals surface area contributed by atoms with Crippen molar-refractivity contribution < 1.29 is 13.2 Å². The summed E-state index contributed by atoms with van der Waals surface area (Å²) in [5, 5.41) is 3.05. The van der Waals surface area contributed by atoms with Crippen LogP contribution in [0.4, 0.5) is 0 Å². The summed E-state index contributed by atoms with van der Waals surface area (Å²) < 4.78 is 24.2. The topological polar surface area (TPSA) is 63.2 Å². The molecule has 0 fully saturated rings. The van der Waals surface area contributed by atoms with Crippen molar-refractivity contribution in [2.45, 2.75) is 36.6 Å². The maximum absolute atomic E-state index is 12.3. The summed E-state index contributed by atoms with van der Waals surface area (Å²) in [4.78, 5) is 12.7. The third-order valence-electron chi connectivity index (χ3n) is 4.26. The number of carbonyl (C=O) groups is 1. The Labute approximate surface area is 125 Å². The molecule has 2 aliphatic rings. The maximum atomic E-state index is 12.3. The fraction of sp³-hybridized carbons (Fsp3) is 0.438. The molecule has 0 spiro atoms. The van der Waals surface area contributed by atoms with Gasteiger partial charge in [0, 0.05) is 5.92 Å². The van der Waals surface area contributed by atoms with Crippen molar-refractivity contribution in [2.24, 2.45) is 5.92 Å². The van der Waals surface area contributed by atoms with Crippen LogP contribution in [0.25, 0.3) is 0 Å². The summed E-state index contributed by atoms with van der Waals surface area (Å²) in [7, 11) is -3.20. The zero-order valence-electron chi connectivity index (χ0n) is 11.8. The van der Waals surface area contributed by atoms with Gasteiger partial charge in [-0.1, -0.05) is 30.4 Å². The van der Waals surface area contributed by atoms with Crippen LogP contribution < -0.4 is 5.32 Å².